The minimum atomic E-state index is -0.725. The molecule has 2 nitrogen and oxygen atoms in total. The number of hydrogen-bond donors (Lipinski definition) is 1. The maximum atomic E-state index is 13.5. The van der Waals surface area contributed by atoms with Crippen molar-refractivity contribution < 1.29 is 18.0 Å². The number of amides is 1. The third kappa shape index (κ3) is 4.42. The highest BCUT2D eigenvalue weighted by Gasteiger charge is 2.11. The van der Waals surface area contributed by atoms with Gasteiger partial charge in [-0.2, -0.15) is 0 Å². The average Bonchev–Trinajstić information content (AvgIpc) is 2.46. The van der Waals surface area contributed by atoms with Crippen LogP contribution in [-0.4, -0.2) is 11.7 Å². The lowest BCUT2D eigenvalue weighted by atomic mass is 10.2. The second kappa shape index (κ2) is 7.56. The summed E-state index contributed by atoms with van der Waals surface area (Å²) in [5, 5.41) is 2.55. The first-order valence-corrected chi connectivity index (χ1v) is 7.76. The molecule has 0 atom stereocenters. The predicted molar refractivity (Wildman–Crippen MR) is 82.6 cm³/mol. The van der Waals surface area contributed by atoms with Crippen LogP contribution in [0.25, 0.3) is 0 Å². The van der Waals surface area contributed by atoms with Gasteiger partial charge in [-0.1, -0.05) is 17.7 Å². The van der Waals surface area contributed by atoms with Crippen molar-refractivity contribution in [3.8, 4) is 0 Å². The van der Waals surface area contributed by atoms with Crippen LogP contribution >= 0.6 is 23.4 Å². The SMILES string of the molecule is O=C(CSCc1c(F)cccc1Cl)Nc1cc(F)ccc1F. The summed E-state index contributed by atoms with van der Waals surface area (Å²) in [4.78, 5) is 11.7. The highest BCUT2D eigenvalue weighted by Crippen LogP contribution is 2.24. The minimum Gasteiger partial charge on any atom is -0.323 e. The van der Waals surface area contributed by atoms with Gasteiger partial charge in [0.15, 0.2) is 0 Å². The van der Waals surface area contributed by atoms with Gasteiger partial charge < -0.3 is 5.32 Å². The minimum absolute atomic E-state index is 0.0411. The molecule has 0 aromatic heterocycles. The number of benzene rings is 2. The maximum absolute atomic E-state index is 13.5. The molecule has 0 aliphatic carbocycles. The van der Waals surface area contributed by atoms with Gasteiger partial charge in [-0.15, -0.1) is 11.8 Å². The van der Waals surface area contributed by atoms with Crippen molar-refractivity contribution in [1.82, 2.24) is 0 Å². The van der Waals surface area contributed by atoms with Crippen molar-refractivity contribution in [3.63, 3.8) is 0 Å². The molecule has 2 aromatic rings. The van der Waals surface area contributed by atoms with E-state index in [1.807, 2.05) is 0 Å². The molecule has 0 unspecified atom stereocenters. The van der Waals surface area contributed by atoms with Crippen LogP contribution in [0.15, 0.2) is 36.4 Å². The molecular weight excluding hydrogens is 335 g/mol. The summed E-state index contributed by atoms with van der Waals surface area (Å²) in [7, 11) is 0. The van der Waals surface area contributed by atoms with Crippen LogP contribution in [-0.2, 0) is 10.5 Å². The van der Waals surface area contributed by atoms with E-state index >= 15 is 0 Å². The van der Waals surface area contributed by atoms with E-state index in [4.69, 9.17) is 11.6 Å². The molecule has 0 fully saturated rings. The van der Waals surface area contributed by atoms with E-state index in [9.17, 15) is 18.0 Å². The van der Waals surface area contributed by atoms with E-state index in [-0.39, 0.29) is 22.2 Å². The Kier molecular flexibility index (Phi) is 5.74. The number of anilines is 1. The van der Waals surface area contributed by atoms with Crippen LogP contribution in [0.4, 0.5) is 18.9 Å². The molecule has 0 radical (unpaired) electrons. The summed E-state index contributed by atoms with van der Waals surface area (Å²) in [5.41, 5.74) is 0.0772. The Labute approximate surface area is 134 Å². The first-order chi connectivity index (χ1) is 10.5. The molecular formula is C15H11ClF3NOS. The van der Waals surface area contributed by atoms with E-state index in [0.717, 1.165) is 30.0 Å². The van der Waals surface area contributed by atoms with Gasteiger partial charge in [-0.25, -0.2) is 13.2 Å². The fourth-order valence-corrected chi connectivity index (χ4v) is 2.86. The third-order valence-electron chi connectivity index (χ3n) is 2.74. The van der Waals surface area contributed by atoms with Crippen molar-refractivity contribution >= 4 is 35.0 Å². The molecule has 0 spiro atoms. The highest BCUT2D eigenvalue weighted by molar-refractivity contribution is 7.99. The monoisotopic (exact) mass is 345 g/mol. The quantitative estimate of drug-likeness (QED) is 0.856. The summed E-state index contributed by atoms with van der Waals surface area (Å²) in [5.74, 6) is -2.18. The van der Waals surface area contributed by atoms with E-state index in [2.05, 4.69) is 5.32 Å². The zero-order valence-corrected chi connectivity index (χ0v) is 12.8. The molecule has 0 saturated heterocycles. The number of hydrogen-bond acceptors (Lipinski definition) is 2. The van der Waals surface area contributed by atoms with Gasteiger partial charge in [0, 0.05) is 22.4 Å². The first kappa shape index (κ1) is 16.7. The normalized spacial score (nSPS) is 10.5. The Morgan fingerprint density at radius 3 is 2.64 bits per heavy atom. The van der Waals surface area contributed by atoms with Crippen LogP contribution in [0.1, 0.15) is 5.56 Å². The fraction of sp³-hybridized carbons (Fsp3) is 0.133. The van der Waals surface area contributed by atoms with Gasteiger partial charge in [-0.05, 0) is 24.3 Å². The maximum Gasteiger partial charge on any atom is 0.234 e. The van der Waals surface area contributed by atoms with E-state index < -0.39 is 23.4 Å². The lowest BCUT2D eigenvalue weighted by molar-refractivity contribution is -0.113. The van der Waals surface area contributed by atoms with Crippen molar-refractivity contribution in [3.05, 3.63) is 64.4 Å². The molecule has 2 aromatic carbocycles. The van der Waals surface area contributed by atoms with Crippen molar-refractivity contribution in [2.75, 3.05) is 11.1 Å². The topological polar surface area (TPSA) is 29.1 Å². The summed E-state index contributed by atoms with van der Waals surface area (Å²) in [6, 6.07) is 7.11. The summed E-state index contributed by atoms with van der Waals surface area (Å²) in [6.07, 6.45) is 0. The fourth-order valence-electron chi connectivity index (χ4n) is 1.70. The molecule has 0 saturated carbocycles. The Bertz CT molecular complexity index is 676. The molecule has 1 N–H and O–H groups in total. The Morgan fingerprint density at radius 2 is 1.91 bits per heavy atom. The van der Waals surface area contributed by atoms with Crippen LogP contribution in [0.3, 0.4) is 0 Å². The summed E-state index contributed by atoms with van der Waals surface area (Å²) < 4.78 is 39.9. The molecule has 7 heteroatoms. The standard InChI is InChI=1S/C15H11ClF3NOS/c16-11-2-1-3-12(18)10(11)7-22-8-15(21)20-14-6-9(17)4-5-13(14)19/h1-6H,7-8H2,(H,20,21). The molecule has 0 heterocycles. The third-order valence-corrected chi connectivity index (χ3v) is 4.06. The molecule has 0 aliphatic heterocycles. The Hall–Kier alpha value is -1.66. The highest BCUT2D eigenvalue weighted by atomic mass is 35.5. The van der Waals surface area contributed by atoms with Gasteiger partial charge in [-0.3, -0.25) is 4.79 Å². The molecule has 22 heavy (non-hydrogen) atoms. The van der Waals surface area contributed by atoms with Gasteiger partial charge in [0.1, 0.15) is 17.5 Å². The van der Waals surface area contributed by atoms with Crippen molar-refractivity contribution in [2.45, 2.75) is 5.75 Å². The Balaban J connectivity index is 1.89. The molecule has 0 bridgehead atoms. The molecule has 1 amide bonds. The second-order valence-electron chi connectivity index (χ2n) is 4.37. The number of carbonyl (C=O) groups excluding carboxylic acids is 1. The smallest absolute Gasteiger partial charge is 0.234 e. The number of carbonyl (C=O) groups is 1. The Morgan fingerprint density at radius 1 is 1.14 bits per heavy atom. The number of rotatable bonds is 5. The second-order valence-corrected chi connectivity index (χ2v) is 5.76. The van der Waals surface area contributed by atoms with Crippen LogP contribution in [0.5, 0.6) is 0 Å². The van der Waals surface area contributed by atoms with Gasteiger partial charge in [0.25, 0.3) is 0 Å². The zero-order chi connectivity index (χ0) is 16.1. The molecule has 2 rings (SSSR count). The zero-order valence-electron chi connectivity index (χ0n) is 11.2. The lowest BCUT2D eigenvalue weighted by Crippen LogP contribution is -2.15. The summed E-state index contributed by atoms with van der Waals surface area (Å²) >= 11 is 6.99. The van der Waals surface area contributed by atoms with E-state index in [1.165, 1.54) is 12.1 Å². The summed E-state index contributed by atoms with van der Waals surface area (Å²) in [6.45, 7) is 0. The van der Waals surface area contributed by atoms with Crippen molar-refractivity contribution in [2.24, 2.45) is 0 Å². The predicted octanol–water partition coefficient (Wildman–Crippen LogP) is 4.63. The van der Waals surface area contributed by atoms with E-state index in [1.54, 1.807) is 6.07 Å². The number of nitrogens with one attached hydrogen (secondary N) is 1. The molecule has 116 valence electrons. The van der Waals surface area contributed by atoms with Crippen molar-refractivity contribution in [1.29, 1.82) is 0 Å². The van der Waals surface area contributed by atoms with Gasteiger partial charge in [0.05, 0.1) is 11.4 Å². The number of halogens is 4. The largest absolute Gasteiger partial charge is 0.323 e. The van der Waals surface area contributed by atoms with Crippen LogP contribution in [0.2, 0.25) is 5.02 Å². The van der Waals surface area contributed by atoms with E-state index in [0.29, 0.717) is 5.56 Å². The van der Waals surface area contributed by atoms with Crippen LogP contribution < -0.4 is 5.32 Å². The van der Waals surface area contributed by atoms with Gasteiger partial charge in [0.2, 0.25) is 5.91 Å². The first-order valence-electron chi connectivity index (χ1n) is 6.23. The lowest BCUT2D eigenvalue weighted by Gasteiger charge is -2.08. The van der Waals surface area contributed by atoms with Gasteiger partial charge >= 0.3 is 0 Å². The number of thioether (sulfide) groups is 1. The average molecular weight is 346 g/mol. The van der Waals surface area contributed by atoms with Crippen LogP contribution in [0, 0.1) is 17.5 Å². The molecule has 0 aliphatic rings.